The maximum atomic E-state index is 13.4. The first-order valence-electron chi connectivity index (χ1n) is 16.5. The number of hydrogen-bond donors (Lipinski definition) is 2. The van der Waals surface area contributed by atoms with Gasteiger partial charge < -0.3 is 14.6 Å². The second-order valence-electron chi connectivity index (χ2n) is 12.4. The molecule has 0 bridgehead atoms. The van der Waals surface area contributed by atoms with Crippen LogP contribution in [0.3, 0.4) is 0 Å². The van der Waals surface area contributed by atoms with Crippen LogP contribution in [-0.4, -0.2) is 41.6 Å². The number of carbonyl (C=O) groups is 2. The molecule has 47 heavy (non-hydrogen) atoms. The molecule has 2 N–H and O–H groups in total. The molecule has 4 aromatic rings. The molecule has 2 aromatic carbocycles. The Kier molecular flexibility index (Phi) is 12.1. The Labute approximate surface area is 278 Å². The van der Waals surface area contributed by atoms with Gasteiger partial charge in [-0.3, -0.25) is 4.79 Å². The molecule has 0 atom stereocenters. The maximum Gasteiger partial charge on any atom is 0.421 e. The molecule has 2 amide bonds. The number of aromatic nitrogens is 3. The molecule has 0 saturated heterocycles. The van der Waals surface area contributed by atoms with E-state index >= 15 is 0 Å². The zero-order chi connectivity index (χ0) is 34.1. The van der Waals surface area contributed by atoms with Gasteiger partial charge in [-0.05, 0) is 67.3 Å². The average molecular weight is 662 g/mol. The van der Waals surface area contributed by atoms with E-state index in [9.17, 15) is 18.0 Å². The number of amides is 2. The number of imidazole rings is 1. The topological polar surface area (TPSA) is 132 Å². The number of rotatable bonds is 15. The number of fused-ring (bicyclic) bond motifs is 1. The first-order chi connectivity index (χ1) is 22.5. The quantitative estimate of drug-likeness (QED) is 0.126. The van der Waals surface area contributed by atoms with Crippen LogP contribution in [0.4, 0.5) is 10.5 Å². The monoisotopic (exact) mass is 661 g/mol. The Balaban J connectivity index is 1.67. The number of nitrogens with zero attached hydrogens (tertiary/aromatic N) is 3. The Morgan fingerprint density at radius 2 is 1.70 bits per heavy atom. The van der Waals surface area contributed by atoms with Crippen LogP contribution in [0.5, 0.6) is 0 Å². The second-order valence-corrected chi connectivity index (χ2v) is 14.0. The molecule has 2 aromatic heterocycles. The van der Waals surface area contributed by atoms with E-state index in [1.165, 1.54) is 0 Å². The normalized spacial score (nSPS) is 11.6. The Hall–Kier alpha value is -4.25. The molecule has 0 spiro atoms. The molecule has 4 rings (SSSR count). The van der Waals surface area contributed by atoms with Gasteiger partial charge in [-0.15, -0.1) is 0 Å². The van der Waals surface area contributed by atoms with Crippen LogP contribution in [-0.2, 0) is 38.9 Å². The molecule has 252 valence electrons. The van der Waals surface area contributed by atoms with Gasteiger partial charge in [0.25, 0.3) is 10.0 Å². The van der Waals surface area contributed by atoms with E-state index in [1.807, 2.05) is 51.1 Å². The van der Waals surface area contributed by atoms with E-state index in [0.717, 1.165) is 65.8 Å². The van der Waals surface area contributed by atoms with Gasteiger partial charge in [-0.2, -0.15) is 0 Å². The fourth-order valence-corrected chi connectivity index (χ4v) is 6.58. The predicted molar refractivity (Wildman–Crippen MR) is 186 cm³/mol. The van der Waals surface area contributed by atoms with Crippen LogP contribution < -0.4 is 10.0 Å². The Bertz CT molecular complexity index is 1810. The van der Waals surface area contributed by atoms with Crippen molar-refractivity contribution >= 4 is 38.9 Å². The van der Waals surface area contributed by atoms with Gasteiger partial charge in [0.2, 0.25) is 5.91 Å². The van der Waals surface area contributed by atoms with E-state index in [-0.39, 0.29) is 17.4 Å². The van der Waals surface area contributed by atoms with Crippen molar-refractivity contribution in [1.82, 2.24) is 19.3 Å². The highest BCUT2D eigenvalue weighted by molar-refractivity contribution is 7.90. The highest BCUT2D eigenvalue weighted by Crippen LogP contribution is 2.31. The molecule has 0 unspecified atom stereocenters. The Morgan fingerprint density at radius 3 is 2.36 bits per heavy atom. The molecule has 0 radical (unpaired) electrons. The zero-order valence-corrected chi connectivity index (χ0v) is 29.2. The smallest absolute Gasteiger partial charge is 0.421 e. The van der Waals surface area contributed by atoms with E-state index < -0.39 is 16.1 Å². The summed E-state index contributed by atoms with van der Waals surface area (Å²) in [6.45, 7) is 12.9. The lowest BCUT2D eigenvalue weighted by molar-refractivity contribution is -0.116. The third kappa shape index (κ3) is 8.97. The highest BCUT2D eigenvalue weighted by Gasteiger charge is 2.24. The van der Waals surface area contributed by atoms with Crippen LogP contribution >= 0.6 is 0 Å². The number of nitrogens with one attached hydrogen (secondary N) is 2. The first kappa shape index (κ1) is 35.6. The number of unbranched alkanes of at least 4 members (excludes halogenated alkanes) is 1. The summed E-state index contributed by atoms with van der Waals surface area (Å²) in [5.74, 6) is 1.24. The molecular weight excluding hydrogens is 614 g/mol. The summed E-state index contributed by atoms with van der Waals surface area (Å²) in [5.41, 5.74) is 6.27. The summed E-state index contributed by atoms with van der Waals surface area (Å²) < 4.78 is 36.0. The minimum Gasteiger partial charge on any atom is -0.449 e. The molecule has 0 saturated carbocycles. The summed E-state index contributed by atoms with van der Waals surface area (Å²) in [5, 5.41) is 2.96. The van der Waals surface area contributed by atoms with E-state index in [0.29, 0.717) is 42.1 Å². The third-order valence-electron chi connectivity index (χ3n) is 7.85. The largest absolute Gasteiger partial charge is 0.449 e. The maximum absolute atomic E-state index is 13.4. The molecule has 0 fully saturated rings. The molecule has 0 aliphatic rings. The van der Waals surface area contributed by atoms with E-state index in [1.54, 1.807) is 18.3 Å². The fourth-order valence-electron chi connectivity index (χ4n) is 5.48. The van der Waals surface area contributed by atoms with Crippen molar-refractivity contribution in [3.63, 3.8) is 0 Å². The number of sulfonamides is 1. The molecule has 11 heteroatoms. The first-order valence-corrected chi connectivity index (χ1v) is 18.0. The molecule has 0 aliphatic carbocycles. The van der Waals surface area contributed by atoms with Crippen molar-refractivity contribution in [2.24, 2.45) is 5.92 Å². The standard InChI is InChI=1S/C36H47N5O5S/c1-7-10-19-46-36(43)40-47(44,45)31-18-15-27(20-24(4)5)21-29(31)28-16-13-26(14-17-28)23-41-32(11-8-2)39-34-25(6)30(22-37-35(34)41)38-33(42)12-9-3/h13-18,21-22,24H,7-12,19-20,23H2,1-6H3,(H,38,42)(H,40,43). The van der Waals surface area contributed by atoms with Gasteiger partial charge in [0, 0.05) is 24.0 Å². The van der Waals surface area contributed by atoms with Gasteiger partial charge in [-0.25, -0.2) is 27.9 Å². The van der Waals surface area contributed by atoms with Crippen LogP contribution in [0.1, 0.15) is 89.2 Å². The van der Waals surface area contributed by atoms with Gasteiger partial charge in [-0.1, -0.05) is 71.4 Å². The van der Waals surface area contributed by atoms with Crippen LogP contribution in [0.25, 0.3) is 22.3 Å². The SMILES string of the molecule is CCCCOC(=O)NS(=O)(=O)c1ccc(CC(C)C)cc1-c1ccc(Cn2c(CCC)nc3c(C)c(NC(=O)CCC)cnc32)cc1. The summed E-state index contributed by atoms with van der Waals surface area (Å²) in [7, 11) is -4.20. The fraction of sp³-hybridized carbons (Fsp3) is 0.444. The van der Waals surface area contributed by atoms with Gasteiger partial charge >= 0.3 is 6.09 Å². The third-order valence-corrected chi connectivity index (χ3v) is 9.22. The van der Waals surface area contributed by atoms with Crippen molar-refractivity contribution in [2.45, 2.75) is 97.9 Å². The summed E-state index contributed by atoms with van der Waals surface area (Å²) in [6.07, 6.45) is 5.85. The van der Waals surface area contributed by atoms with Crippen molar-refractivity contribution in [3.8, 4) is 11.1 Å². The van der Waals surface area contributed by atoms with E-state index in [4.69, 9.17) is 14.7 Å². The van der Waals surface area contributed by atoms with Gasteiger partial charge in [0.1, 0.15) is 11.3 Å². The van der Waals surface area contributed by atoms with Crippen molar-refractivity contribution < 1.29 is 22.7 Å². The number of carbonyl (C=O) groups excluding carboxylic acids is 2. The number of aryl methyl sites for hydroxylation is 2. The summed E-state index contributed by atoms with van der Waals surface area (Å²) in [4.78, 5) is 34.2. The lowest BCUT2D eigenvalue weighted by Crippen LogP contribution is -2.31. The minimum atomic E-state index is -4.20. The molecule has 0 aliphatic heterocycles. The summed E-state index contributed by atoms with van der Waals surface area (Å²) in [6, 6.07) is 13.0. The second kappa shape index (κ2) is 16.0. The zero-order valence-electron chi connectivity index (χ0n) is 28.4. The lowest BCUT2D eigenvalue weighted by atomic mass is 9.97. The summed E-state index contributed by atoms with van der Waals surface area (Å²) >= 11 is 0. The molecule has 2 heterocycles. The Morgan fingerprint density at radius 1 is 0.979 bits per heavy atom. The van der Waals surface area contributed by atoms with Gasteiger partial charge in [0.15, 0.2) is 5.65 Å². The van der Waals surface area contributed by atoms with Crippen molar-refractivity contribution in [2.75, 3.05) is 11.9 Å². The lowest BCUT2D eigenvalue weighted by Gasteiger charge is -2.15. The number of hydrogen-bond acceptors (Lipinski definition) is 7. The van der Waals surface area contributed by atoms with Crippen LogP contribution in [0.15, 0.2) is 53.6 Å². The van der Waals surface area contributed by atoms with Crippen LogP contribution in [0, 0.1) is 12.8 Å². The number of ether oxygens (including phenoxy) is 1. The average Bonchev–Trinajstić information content (AvgIpc) is 3.36. The van der Waals surface area contributed by atoms with Crippen molar-refractivity contribution in [1.29, 1.82) is 0 Å². The number of pyridine rings is 1. The number of anilines is 1. The number of benzene rings is 2. The van der Waals surface area contributed by atoms with Crippen molar-refractivity contribution in [3.05, 3.63) is 71.2 Å². The van der Waals surface area contributed by atoms with Gasteiger partial charge in [0.05, 0.1) is 29.9 Å². The minimum absolute atomic E-state index is 0.0116. The highest BCUT2D eigenvalue weighted by atomic mass is 32.2. The van der Waals surface area contributed by atoms with E-state index in [2.05, 4.69) is 35.4 Å². The predicted octanol–water partition coefficient (Wildman–Crippen LogP) is 7.56. The molecule has 10 nitrogen and oxygen atoms in total. The molecular formula is C36H47N5O5S. The van der Waals surface area contributed by atoms with Crippen LogP contribution in [0.2, 0.25) is 0 Å².